The van der Waals surface area contributed by atoms with Crippen molar-refractivity contribution in [3.05, 3.63) is 82.8 Å². The van der Waals surface area contributed by atoms with Crippen molar-refractivity contribution in [1.29, 1.82) is 0 Å². The Morgan fingerprint density at radius 1 is 1.16 bits per heavy atom. The number of aryl methyl sites for hydroxylation is 1. The normalized spacial score (nSPS) is 18.0. The second kappa shape index (κ2) is 11.7. The van der Waals surface area contributed by atoms with Gasteiger partial charge in [-0.2, -0.15) is 4.31 Å². The number of hydrogen-bond donors (Lipinski definition) is 2. The third-order valence-corrected chi connectivity index (χ3v) is 8.69. The molecule has 2 aromatic carbocycles. The van der Waals surface area contributed by atoms with Gasteiger partial charge < -0.3 is 19.6 Å². The zero-order chi connectivity index (χ0) is 27.4. The van der Waals surface area contributed by atoms with Crippen LogP contribution in [0.5, 0.6) is 5.75 Å². The minimum Gasteiger partial charge on any atom is -0.488 e. The second-order valence-electron chi connectivity index (χ2n) is 10.1. The van der Waals surface area contributed by atoms with E-state index in [0.717, 1.165) is 22.5 Å². The molecule has 1 aliphatic heterocycles. The highest BCUT2D eigenvalue weighted by Crippen LogP contribution is 2.35. The third-order valence-electron chi connectivity index (χ3n) is 6.83. The molecular weight excluding hydrogens is 504 g/mol. The predicted molar refractivity (Wildman–Crippen MR) is 145 cm³/mol. The summed E-state index contributed by atoms with van der Waals surface area (Å²) in [6, 6.07) is 16.4. The van der Waals surface area contributed by atoms with E-state index in [-0.39, 0.29) is 36.6 Å². The molecule has 0 spiro atoms. The van der Waals surface area contributed by atoms with Crippen molar-refractivity contribution in [2.24, 2.45) is 0 Å². The van der Waals surface area contributed by atoms with Crippen LogP contribution < -0.4 is 10.1 Å². The van der Waals surface area contributed by atoms with Crippen LogP contribution in [-0.4, -0.2) is 42.5 Å². The summed E-state index contributed by atoms with van der Waals surface area (Å²) in [5.41, 5.74) is 2.50. The van der Waals surface area contributed by atoms with E-state index < -0.39 is 21.9 Å². The first kappa shape index (κ1) is 27.9. The van der Waals surface area contributed by atoms with Crippen molar-refractivity contribution in [2.75, 3.05) is 6.54 Å². The fourth-order valence-electron chi connectivity index (χ4n) is 4.61. The molecule has 0 radical (unpaired) electrons. The van der Waals surface area contributed by atoms with Gasteiger partial charge in [-0.1, -0.05) is 51.1 Å². The molecular formula is C29H36N2O6S. The molecule has 0 saturated heterocycles. The number of sulfonamides is 1. The van der Waals surface area contributed by atoms with E-state index in [1.807, 2.05) is 58.0 Å². The summed E-state index contributed by atoms with van der Waals surface area (Å²) >= 11 is 0. The van der Waals surface area contributed by atoms with E-state index in [1.54, 1.807) is 24.3 Å². The van der Waals surface area contributed by atoms with Gasteiger partial charge in [0, 0.05) is 12.6 Å². The lowest BCUT2D eigenvalue weighted by Crippen LogP contribution is -2.36. The van der Waals surface area contributed by atoms with Crippen molar-refractivity contribution in [3.8, 4) is 5.75 Å². The van der Waals surface area contributed by atoms with Crippen LogP contribution in [-0.2, 0) is 27.9 Å². The number of para-hydroxylation sites is 1. The molecule has 0 amide bonds. The van der Waals surface area contributed by atoms with Crippen LogP contribution in [0.15, 0.2) is 63.9 Å². The highest BCUT2D eigenvalue weighted by atomic mass is 32.2. The number of ether oxygens (including phenoxy) is 1. The number of nitrogens with zero attached hydrogens (tertiary/aromatic N) is 1. The minimum atomic E-state index is -3.80. The smallest absolute Gasteiger partial charge is 0.304 e. The van der Waals surface area contributed by atoms with Crippen LogP contribution in [0.3, 0.4) is 0 Å². The molecule has 1 unspecified atom stereocenters. The summed E-state index contributed by atoms with van der Waals surface area (Å²) in [7, 11) is -3.80. The summed E-state index contributed by atoms with van der Waals surface area (Å²) in [6.45, 7) is 8.91. The van der Waals surface area contributed by atoms with Gasteiger partial charge in [-0.25, -0.2) is 8.42 Å². The molecule has 38 heavy (non-hydrogen) atoms. The first-order valence-corrected chi connectivity index (χ1v) is 14.4. The summed E-state index contributed by atoms with van der Waals surface area (Å²) < 4.78 is 40.8. The Morgan fingerprint density at radius 2 is 1.92 bits per heavy atom. The van der Waals surface area contributed by atoms with E-state index >= 15 is 0 Å². The fourth-order valence-corrected chi connectivity index (χ4v) is 6.18. The molecule has 4 rings (SSSR count). The second-order valence-corrected chi connectivity index (χ2v) is 12.0. The van der Waals surface area contributed by atoms with Crippen LogP contribution in [0.25, 0.3) is 0 Å². The Kier molecular flexibility index (Phi) is 8.60. The Balaban J connectivity index is 1.67. The monoisotopic (exact) mass is 540 g/mol. The number of aliphatic carboxylic acids is 1. The molecule has 8 nitrogen and oxygen atoms in total. The summed E-state index contributed by atoms with van der Waals surface area (Å²) in [5.74, 6) is 0.224. The first-order valence-electron chi connectivity index (χ1n) is 13.0. The lowest BCUT2D eigenvalue weighted by atomic mass is 9.90. The molecule has 2 heterocycles. The van der Waals surface area contributed by atoms with Crippen molar-refractivity contribution >= 4 is 16.0 Å². The Labute approximate surface area is 224 Å². The van der Waals surface area contributed by atoms with Crippen molar-refractivity contribution in [3.63, 3.8) is 0 Å². The van der Waals surface area contributed by atoms with E-state index in [9.17, 15) is 18.3 Å². The van der Waals surface area contributed by atoms with E-state index in [2.05, 4.69) is 5.32 Å². The van der Waals surface area contributed by atoms with E-state index in [1.165, 1.54) is 4.31 Å². The zero-order valence-electron chi connectivity index (χ0n) is 22.3. The average Bonchev–Trinajstić information content (AvgIpc) is 3.31. The summed E-state index contributed by atoms with van der Waals surface area (Å²) in [4.78, 5) is 12.0. The number of fused-ring (bicyclic) bond motifs is 1. The molecule has 0 saturated carbocycles. The number of carboxylic acids is 1. The maximum Gasteiger partial charge on any atom is 0.304 e. The Morgan fingerprint density at radius 3 is 2.63 bits per heavy atom. The number of hydrogen-bond acceptors (Lipinski definition) is 6. The summed E-state index contributed by atoms with van der Waals surface area (Å²) in [6.07, 6.45) is 0.235. The molecule has 2 N–H and O–H groups in total. The number of nitrogens with one attached hydrogen (secondary N) is 1. The number of carbonyl (C=O) groups is 1. The maximum atomic E-state index is 13.6. The SMILES string of the molecule is CC[C@@H]1CN(Cc2cc(C(CC(=O)O)c3ccc(CNC(C)C)o3)ccc2C)S(=O)(=O)c2ccccc2O1. The van der Waals surface area contributed by atoms with Crippen LogP contribution in [0.2, 0.25) is 0 Å². The van der Waals surface area contributed by atoms with Crippen molar-refractivity contribution < 1.29 is 27.5 Å². The molecule has 204 valence electrons. The quantitative estimate of drug-likeness (QED) is 0.370. The van der Waals surface area contributed by atoms with Gasteiger partial charge in [0.15, 0.2) is 0 Å². The van der Waals surface area contributed by atoms with Gasteiger partial charge in [0.05, 0.1) is 25.4 Å². The lowest BCUT2D eigenvalue weighted by molar-refractivity contribution is -0.137. The standard InChI is InChI=1S/C29H36N2O6S/c1-5-23-18-31(38(34,35)28-9-7-6-8-27(28)36-23)17-22-14-21(11-10-20(22)4)25(15-29(32)33)26-13-12-24(37-26)16-30-19(2)3/h6-14,19,23,25,30H,5,15-18H2,1-4H3,(H,32,33)/t23-,25?/m1/s1. The molecule has 3 aromatic rings. The minimum absolute atomic E-state index is 0.145. The highest BCUT2D eigenvalue weighted by molar-refractivity contribution is 7.89. The summed E-state index contributed by atoms with van der Waals surface area (Å²) in [5, 5.41) is 13.0. The fraction of sp³-hybridized carbons (Fsp3) is 0.414. The predicted octanol–water partition coefficient (Wildman–Crippen LogP) is 5.05. The van der Waals surface area contributed by atoms with Gasteiger partial charge in [0.1, 0.15) is 28.3 Å². The van der Waals surface area contributed by atoms with Gasteiger partial charge in [-0.05, 0) is 54.3 Å². The molecule has 0 fully saturated rings. The van der Waals surface area contributed by atoms with E-state index in [0.29, 0.717) is 24.5 Å². The highest BCUT2D eigenvalue weighted by Gasteiger charge is 2.34. The number of benzene rings is 2. The number of carboxylic acid groups (broad SMARTS) is 1. The maximum absolute atomic E-state index is 13.6. The molecule has 9 heteroatoms. The van der Waals surface area contributed by atoms with Crippen LogP contribution in [0.4, 0.5) is 0 Å². The topological polar surface area (TPSA) is 109 Å². The molecule has 1 aliphatic rings. The Hall–Kier alpha value is -3.14. The van der Waals surface area contributed by atoms with Gasteiger partial charge in [0.25, 0.3) is 0 Å². The zero-order valence-corrected chi connectivity index (χ0v) is 23.1. The largest absolute Gasteiger partial charge is 0.488 e. The third kappa shape index (κ3) is 6.28. The van der Waals surface area contributed by atoms with Gasteiger partial charge in [-0.15, -0.1) is 0 Å². The van der Waals surface area contributed by atoms with Crippen LogP contribution in [0.1, 0.15) is 67.7 Å². The lowest BCUT2D eigenvalue weighted by Gasteiger charge is -2.24. The molecule has 2 atom stereocenters. The van der Waals surface area contributed by atoms with Crippen LogP contribution in [0, 0.1) is 6.92 Å². The van der Waals surface area contributed by atoms with Gasteiger partial charge in [-0.3, -0.25) is 4.79 Å². The molecule has 0 bridgehead atoms. The first-order chi connectivity index (χ1) is 18.1. The van der Waals surface area contributed by atoms with Crippen molar-refractivity contribution in [2.45, 2.75) is 76.6 Å². The van der Waals surface area contributed by atoms with Crippen LogP contribution >= 0.6 is 0 Å². The molecule has 1 aromatic heterocycles. The van der Waals surface area contributed by atoms with Gasteiger partial charge in [0.2, 0.25) is 10.0 Å². The van der Waals surface area contributed by atoms with Gasteiger partial charge >= 0.3 is 5.97 Å². The van der Waals surface area contributed by atoms with Crippen molar-refractivity contribution in [1.82, 2.24) is 9.62 Å². The molecule has 0 aliphatic carbocycles. The number of rotatable bonds is 10. The number of furan rings is 1. The van der Waals surface area contributed by atoms with E-state index in [4.69, 9.17) is 9.15 Å². The Bertz CT molecular complexity index is 1380. The average molecular weight is 541 g/mol.